The number of aryl methyl sites for hydroxylation is 1. The molecule has 0 spiro atoms. The molecule has 4 nitrogen and oxygen atoms in total. The molecule has 2 unspecified atom stereocenters. The molecule has 18 heavy (non-hydrogen) atoms. The fourth-order valence-electron chi connectivity index (χ4n) is 2.04. The van der Waals surface area contributed by atoms with Crippen LogP contribution in [0.3, 0.4) is 0 Å². The largest absolute Gasteiger partial charge is 0.493 e. The summed E-state index contributed by atoms with van der Waals surface area (Å²) in [6.45, 7) is 3.37. The lowest BCUT2D eigenvalue weighted by Crippen LogP contribution is -2.46. The Labute approximate surface area is 108 Å². The summed E-state index contributed by atoms with van der Waals surface area (Å²) in [5, 5.41) is 0. The van der Waals surface area contributed by atoms with E-state index in [9.17, 15) is 0 Å². The number of hydrogen-bond acceptors (Lipinski definition) is 4. The van der Waals surface area contributed by atoms with Gasteiger partial charge in [-0.25, -0.2) is 0 Å². The zero-order valence-electron chi connectivity index (χ0n) is 11.0. The summed E-state index contributed by atoms with van der Waals surface area (Å²) >= 11 is 0. The second-order valence-electron chi connectivity index (χ2n) is 4.52. The Kier molecular flexibility index (Phi) is 4.44. The number of benzene rings is 1. The van der Waals surface area contributed by atoms with Crippen LogP contribution in [0, 0.1) is 0 Å². The maximum atomic E-state index is 6.03. The Balaban J connectivity index is 2.12. The first-order valence-electron chi connectivity index (χ1n) is 6.41. The van der Waals surface area contributed by atoms with Crippen molar-refractivity contribution in [1.82, 2.24) is 0 Å². The highest BCUT2D eigenvalue weighted by molar-refractivity contribution is 5.43. The Morgan fingerprint density at radius 1 is 1.39 bits per heavy atom. The van der Waals surface area contributed by atoms with E-state index in [1.165, 1.54) is 5.56 Å². The zero-order valence-corrected chi connectivity index (χ0v) is 11.0. The van der Waals surface area contributed by atoms with Gasteiger partial charge in [-0.05, 0) is 30.5 Å². The van der Waals surface area contributed by atoms with Crippen molar-refractivity contribution in [3.05, 3.63) is 23.8 Å². The van der Waals surface area contributed by atoms with Gasteiger partial charge in [0.15, 0.2) is 11.5 Å². The van der Waals surface area contributed by atoms with Gasteiger partial charge in [-0.3, -0.25) is 0 Å². The van der Waals surface area contributed by atoms with Crippen LogP contribution >= 0.6 is 0 Å². The zero-order chi connectivity index (χ0) is 13.0. The third-order valence-corrected chi connectivity index (χ3v) is 3.27. The monoisotopic (exact) mass is 251 g/mol. The van der Waals surface area contributed by atoms with Gasteiger partial charge in [0, 0.05) is 12.6 Å². The minimum atomic E-state index is -0.0971. The molecule has 1 aromatic carbocycles. The smallest absolute Gasteiger partial charge is 0.161 e. The highest BCUT2D eigenvalue weighted by Gasteiger charge is 2.25. The Morgan fingerprint density at radius 3 is 2.89 bits per heavy atom. The SMILES string of the molecule is CCc1ccc(OC2COCCC2N)c(OC)c1. The molecule has 2 atom stereocenters. The van der Waals surface area contributed by atoms with Gasteiger partial charge in [0.2, 0.25) is 0 Å². The topological polar surface area (TPSA) is 53.7 Å². The summed E-state index contributed by atoms with van der Waals surface area (Å²) in [7, 11) is 1.65. The van der Waals surface area contributed by atoms with Gasteiger partial charge in [-0.1, -0.05) is 13.0 Å². The normalized spacial score (nSPS) is 23.7. The summed E-state index contributed by atoms with van der Waals surface area (Å²) < 4.78 is 16.7. The lowest BCUT2D eigenvalue weighted by Gasteiger charge is -2.29. The van der Waals surface area contributed by atoms with Crippen LogP contribution in [0.15, 0.2) is 18.2 Å². The number of rotatable bonds is 4. The van der Waals surface area contributed by atoms with Crippen LogP contribution in [-0.2, 0) is 11.2 Å². The van der Waals surface area contributed by atoms with Gasteiger partial charge < -0.3 is 19.9 Å². The minimum Gasteiger partial charge on any atom is -0.493 e. The first kappa shape index (κ1) is 13.2. The summed E-state index contributed by atoms with van der Waals surface area (Å²) in [5.74, 6) is 1.49. The molecule has 1 aliphatic heterocycles. The Hall–Kier alpha value is -1.26. The Morgan fingerprint density at radius 2 is 2.22 bits per heavy atom. The van der Waals surface area contributed by atoms with Crippen molar-refractivity contribution in [3.63, 3.8) is 0 Å². The van der Waals surface area contributed by atoms with E-state index >= 15 is 0 Å². The maximum absolute atomic E-state index is 6.03. The molecule has 0 amide bonds. The van der Waals surface area contributed by atoms with Gasteiger partial charge in [-0.2, -0.15) is 0 Å². The molecule has 0 radical (unpaired) electrons. The average Bonchev–Trinajstić information content (AvgIpc) is 2.41. The number of nitrogens with two attached hydrogens (primary N) is 1. The summed E-state index contributed by atoms with van der Waals surface area (Å²) in [4.78, 5) is 0. The van der Waals surface area contributed by atoms with Gasteiger partial charge in [0.05, 0.1) is 13.7 Å². The molecule has 1 heterocycles. The van der Waals surface area contributed by atoms with Crippen molar-refractivity contribution in [2.45, 2.75) is 31.9 Å². The molecule has 2 rings (SSSR count). The Bertz CT molecular complexity index is 395. The van der Waals surface area contributed by atoms with Crippen LogP contribution < -0.4 is 15.2 Å². The molecule has 1 saturated heterocycles. The molecular formula is C14H21NO3. The van der Waals surface area contributed by atoms with E-state index in [2.05, 4.69) is 6.92 Å². The number of hydrogen-bond donors (Lipinski definition) is 1. The highest BCUT2D eigenvalue weighted by atomic mass is 16.5. The van der Waals surface area contributed by atoms with Crippen molar-refractivity contribution in [2.75, 3.05) is 20.3 Å². The second-order valence-corrected chi connectivity index (χ2v) is 4.52. The van der Waals surface area contributed by atoms with Crippen molar-refractivity contribution in [3.8, 4) is 11.5 Å². The summed E-state index contributed by atoms with van der Waals surface area (Å²) in [5.41, 5.74) is 7.25. The number of methoxy groups -OCH3 is 1. The third-order valence-electron chi connectivity index (χ3n) is 3.27. The molecule has 0 saturated carbocycles. The van der Waals surface area contributed by atoms with E-state index < -0.39 is 0 Å². The van der Waals surface area contributed by atoms with Crippen LogP contribution in [0.2, 0.25) is 0 Å². The van der Waals surface area contributed by atoms with Gasteiger partial charge in [0.25, 0.3) is 0 Å². The van der Waals surface area contributed by atoms with Crippen molar-refractivity contribution >= 4 is 0 Å². The molecular weight excluding hydrogens is 230 g/mol. The van der Waals surface area contributed by atoms with E-state index in [4.69, 9.17) is 19.9 Å². The van der Waals surface area contributed by atoms with Crippen LogP contribution in [-0.4, -0.2) is 32.5 Å². The second kappa shape index (κ2) is 6.07. The molecule has 1 aliphatic rings. The van der Waals surface area contributed by atoms with E-state index in [-0.39, 0.29) is 12.1 Å². The molecule has 0 bridgehead atoms. The van der Waals surface area contributed by atoms with Crippen molar-refractivity contribution in [1.29, 1.82) is 0 Å². The fourth-order valence-corrected chi connectivity index (χ4v) is 2.04. The predicted octanol–water partition coefficient (Wildman–Crippen LogP) is 1.75. The molecule has 100 valence electrons. The van der Waals surface area contributed by atoms with E-state index in [0.29, 0.717) is 13.2 Å². The molecule has 2 N–H and O–H groups in total. The fraction of sp³-hybridized carbons (Fsp3) is 0.571. The first-order valence-corrected chi connectivity index (χ1v) is 6.41. The highest BCUT2D eigenvalue weighted by Crippen LogP contribution is 2.30. The van der Waals surface area contributed by atoms with Gasteiger partial charge in [-0.15, -0.1) is 0 Å². The molecule has 0 aromatic heterocycles. The van der Waals surface area contributed by atoms with Crippen LogP contribution in [0.5, 0.6) is 11.5 Å². The molecule has 4 heteroatoms. The van der Waals surface area contributed by atoms with Crippen molar-refractivity contribution < 1.29 is 14.2 Å². The number of ether oxygens (including phenoxy) is 3. The summed E-state index contributed by atoms with van der Waals surface area (Å²) in [6, 6.07) is 6.02. The average molecular weight is 251 g/mol. The van der Waals surface area contributed by atoms with E-state index in [0.717, 1.165) is 24.3 Å². The lowest BCUT2D eigenvalue weighted by atomic mass is 10.1. The van der Waals surface area contributed by atoms with Crippen LogP contribution in [0.25, 0.3) is 0 Å². The van der Waals surface area contributed by atoms with Crippen LogP contribution in [0.4, 0.5) is 0 Å². The van der Waals surface area contributed by atoms with E-state index in [1.54, 1.807) is 7.11 Å². The molecule has 1 fully saturated rings. The lowest BCUT2D eigenvalue weighted by molar-refractivity contribution is -0.00624. The maximum Gasteiger partial charge on any atom is 0.161 e. The molecule has 0 aliphatic carbocycles. The standard InChI is InChI=1S/C14H21NO3/c1-3-10-4-5-12(13(8-10)16-2)18-14-9-17-7-6-11(14)15/h4-5,8,11,14H,3,6-7,9,15H2,1-2H3. The van der Waals surface area contributed by atoms with Crippen molar-refractivity contribution in [2.24, 2.45) is 5.73 Å². The quantitative estimate of drug-likeness (QED) is 0.886. The van der Waals surface area contributed by atoms with E-state index in [1.807, 2.05) is 18.2 Å². The van der Waals surface area contributed by atoms with Gasteiger partial charge in [0.1, 0.15) is 6.10 Å². The minimum absolute atomic E-state index is 0.0225. The van der Waals surface area contributed by atoms with Gasteiger partial charge >= 0.3 is 0 Å². The molecule has 1 aromatic rings. The summed E-state index contributed by atoms with van der Waals surface area (Å²) in [6.07, 6.45) is 1.71. The third kappa shape index (κ3) is 2.94. The van der Waals surface area contributed by atoms with Crippen LogP contribution in [0.1, 0.15) is 18.9 Å². The first-order chi connectivity index (χ1) is 8.74. The predicted molar refractivity (Wildman–Crippen MR) is 70.2 cm³/mol.